The number of phosphoric acid groups is 1. The number of aryl methyl sites for hydroxylation is 2. The van der Waals surface area contributed by atoms with Gasteiger partial charge in [0.15, 0.2) is 0 Å². The Bertz CT molecular complexity index is 1190. The first-order chi connectivity index (χ1) is 14.8. The quantitative estimate of drug-likeness (QED) is 0.560. The second kappa shape index (κ2) is 8.51. The van der Waals surface area contributed by atoms with E-state index in [1.54, 1.807) is 17.7 Å². The molecule has 1 aliphatic carbocycles. The number of hydrogen-bond donors (Lipinski definition) is 1. The van der Waals surface area contributed by atoms with Crippen molar-refractivity contribution in [2.24, 2.45) is 11.8 Å². The molecule has 0 radical (unpaired) electrons. The summed E-state index contributed by atoms with van der Waals surface area (Å²) in [6.45, 7) is 3.83. The average Bonchev–Trinajstić information content (AvgIpc) is 3.13. The second-order valence-corrected chi connectivity index (χ2v) is 9.80. The Morgan fingerprint density at radius 2 is 2.03 bits per heavy atom. The van der Waals surface area contributed by atoms with E-state index < -0.39 is 13.5 Å². The Balaban J connectivity index is 1.49. The minimum atomic E-state index is -3.75. The van der Waals surface area contributed by atoms with Gasteiger partial charge in [-0.1, -0.05) is 18.2 Å². The van der Waals surface area contributed by atoms with Crippen molar-refractivity contribution in [2.75, 3.05) is 6.61 Å². The van der Waals surface area contributed by atoms with Crippen LogP contribution in [0.3, 0.4) is 0 Å². The number of fused-ring (bicyclic) bond motifs is 1. The summed E-state index contributed by atoms with van der Waals surface area (Å²) in [5.41, 5.74) is 1.33. The van der Waals surface area contributed by atoms with Gasteiger partial charge in [0, 0.05) is 29.8 Å². The van der Waals surface area contributed by atoms with Gasteiger partial charge in [-0.15, -0.1) is 12.3 Å². The van der Waals surface area contributed by atoms with Crippen LogP contribution in [0.5, 0.6) is 5.75 Å². The van der Waals surface area contributed by atoms with Crippen LogP contribution < -0.4 is 15.8 Å². The van der Waals surface area contributed by atoms with Crippen molar-refractivity contribution < 1.29 is 18.1 Å². The molecule has 31 heavy (non-hydrogen) atoms. The summed E-state index contributed by atoms with van der Waals surface area (Å²) in [5.74, 6) is 3.27. The molecule has 4 atom stereocenters. The van der Waals surface area contributed by atoms with Crippen molar-refractivity contribution in [1.82, 2.24) is 9.55 Å². The molecule has 4 rings (SSSR count). The second-order valence-electron chi connectivity index (χ2n) is 8.20. The first-order valence-corrected chi connectivity index (χ1v) is 11.7. The first kappa shape index (κ1) is 21.6. The van der Waals surface area contributed by atoms with E-state index in [1.165, 1.54) is 0 Å². The van der Waals surface area contributed by atoms with E-state index in [0.29, 0.717) is 30.6 Å². The van der Waals surface area contributed by atoms with Crippen molar-refractivity contribution in [3.63, 3.8) is 0 Å². The summed E-state index contributed by atoms with van der Waals surface area (Å²) in [6, 6.07) is 5.50. The zero-order chi connectivity index (χ0) is 22.2. The molecule has 1 aromatic heterocycles. The van der Waals surface area contributed by atoms with Crippen LogP contribution in [0.25, 0.3) is 0 Å². The van der Waals surface area contributed by atoms with Crippen molar-refractivity contribution in [3.05, 3.63) is 61.9 Å². The Labute approximate surface area is 180 Å². The van der Waals surface area contributed by atoms with Gasteiger partial charge in [0.2, 0.25) is 0 Å². The maximum Gasteiger partial charge on any atom is 0.530 e. The van der Waals surface area contributed by atoms with E-state index in [4.69, 9.17) is 20.0 Å². The maximum atomic E-state index is 13.1. The number of para-hydroxylation sites is 1. The van der Waals surface area contributed by atoms with Crippen LogP contribution in [0.1, 0.15) is 42.0 Å². The standard InChI is InChI=1S/C22H25N2O6P/c1-4-6-16-9-19(24-11-15(3)21(25)23-22(24)26)10-18(16)13-29-31(27)28-12-17-8-5-7-14(2)20(17)30-31/h1,5,7-8,11,16,18-19H,6,9-10,12-13H2,2-3H3,(H,23,25,26)/t16-,18+,19-,31?/m0/s1. The predicted molar refractivity (Wildman–Crippen MR) is 115 cm³/mol. The van der Waals surface area contributed by atoms with E-state index >= 15 is 0 Å². The number of aromatic amines is 1. The van der Waals surface area contributed by atoms with Crippen LogP contribution in [-0.2, 0) is 20.2 Å². The fraction of sp³-hybridized carbons (Fsp3) is 0.455. The summed E-state index contributed by atoms with van der Waals surface area (Å²) < 4.78 is 31.4. The maximum absolute atomic E-state index is 13.1. The molecule has 1 fully saturated rings. The van der Waals surface area contributed by atoms with Gasteiger partial charge in [-0.25, -0.2) is 9.36 Å². The molecule has 0 amide bonds. The number of nitrogens with one attached hydrogen (secondary N) is 1. The molecular formula is C22H25N2O6P. The van der Waals surface area contributed by atoms with Gasteiger partial charge in [0.05, 0.1) is 13.2 Å². The Morgan fingerprint density at radius 1 is 1.26 bits per heavy atom. The monoisotopic (exact) mass is 444 g/mol. The molecule has 1 aromatic carbocycles. The minimum absolute atomic E-state index is 0.0310. The number of terminal acetylenes is 1. The summed E-state index contributed by atoms with van der Waals surface area (Å²) >= 11 is 0. The number of nitrogens with zero attached hydrogens (tertiary/aromatic N) is 1. The summed E-state index contributed by atoms with van der Waals surface area (Å²) in [7, 11) is -3.75. The van der Waals surface area contributed by atoms with Crippen molar-refractivity contribution in [2.45, 2.75) is 45.8 Å². The molecule has 1 unspecified atom stereocenters. The van der Waals surface area contributed by atoms with Crippen molar-refractivity contribution in [1.29, 1.82) is 0 Å². The van der Waals surface area contributed by atoms with E-state index in [1.807, 2.05) is 25.1 Å². The molecule has 2 aromatic rings. The highest BCUT2D eigenvalue weighted by molar-refractivity contribution is 7.49. The Hall–Kier alpha value is -2.59. The normalized spacial score (nSPS) is 27.3. The SMILES string of the molecule is C#CC[C@H]1C[C@H](n2cc(C)c(=O)[nH]c2=O)C[C@@H]1COP1(=O)OCc2cccc(C)c2O1. The summed E-state index contributed by atoms with van der Waals surface area (Å²) in [5, 5.41) is 0. The molecule has 0 spiro atoms. The number of aromatic nitrogens is 2. The molecular weight excluding hydrogens is 419 g/mol. The molecule has 8 nitrogen and oxygen atoms in total. The number of benzene rings is 1. The highest BCUT2D eigenvalue weighted by Gasteiger charge is 2.40. The van der Waals surface area contributed by atoms with E-state index in [0.717, 1.165) is 11.1 Å². The number of rotatable bonds is 5. The Kier molecular flexibility index (Phi) is 5.94. The number of hydrogen-bond acceptors (Lipinski definition) is 6. The molecule has 0 saturated heterocycles. The fourth-order valence-corrected chi connectivity index (χ4v) is 5.70. The molecule has 164 valence electrons. The van der Waals surface area contributed by atoms with Crippen LogP contribution in [0.4, 0.5) is 0 Å². The van der Waals surface area contributed by atoms with Gasteiger partial charge in [-0.05, 0) is 44.1 Å². The average molecular weight is 444 g/mol. The molecule has 2 heterocycles. The molecule has 9 heteroatoms. The van der Waals surface area contributed by atoms with Gasteiger partial charge >= 0.3 is 13.5 Å². The van der Waals surface area contributed by atoms with E-state index in [-0.39, 0.29) is 36.7 Å². The van der Waals surface area contributed by atoms with Crippen LogP contribution in [0.2, 0.25) is 0 Å². The van der Waals surface area contributed by atoms with Gasteiger partial charge in [-0.3, -0.25) is 23.4 Å². The van der Waals surface area contributed by atoms with Crippen LogP contribution in [0.15, 0.2) is 34.0 Å². The highest BCUT2D eigenvalue weighted by atomic mass is 31.2. The summed E-state index contributed by atoms with van der Waals surface area (Å²) in [6.07, 6.45) is 8.91. The third-order valence-corrected chi connectivity index (χ3v) is 7.37. The van der Waals surface area contributed by atoms with Gasteiger partial charge in [0.25, 0.3) is 5.56 Å². The topological polar surface area (TPSA) is 99.6 Å². The summed E-state index contributed by atoms with van der Waals surface area (Å²) in [4.78, 5) is 26.3. The van der Waals surface area contributed by atoms with Gasteiger partial charge < -0.3 is 4.52 Å². The smallest absolute Gasteiger partial charge is 0.403 e. The fourth-order valence-electron chi connectivity index (χ4n) is 4.36. The highest BCUT2D eigenvalue weighted by Crippen LogP contribution is 2.56. The zero-order valence-electron chi connectivity index (χ0n) is 17.5. The molecule has 1 saturated carbocycles. The lowest BCUT2D eigenvalue weighted by molar-refractivity contribution is 0.110. The van der Waals surface area contributed by atoms with E-state index in [2.05, 4.69) is 10.9 Å². The third kappa shape index (κ3) is 4.40. The van der Waals surface area contributed by atoms with Gasteiger partial charge in [-0.2, -0.15) is 0 Å². The third-order valence-electron chi connectivity index (χ3n) is 6.06. The number of H-pyrrole nitrogens is 1. The van der Waals surface area contributed by atoms with Crippen molar-refractivity contribution in [3.8, 4) is 18.1 Å². The van der Waals surface area contributed by atoms with Crippen LogP contribution in [0, 0.1) is 38.0 Å². The van der Waals surface area contributed by atoms with Crippen molar-refractivity contribution >= 4 is 7.82 Å². The molecule has 0 bridgehead atoms. The van der Waals surface area contributed by atoms with Crippen LogP contribution in [-0.4, -0.2) is 16.2 Å². The molecule has 2 aliphatic rings. The predicted octanol–water partition coefficient (Wildman–Crippen LogP) is 3.48. The lowest BCUT2D eigenvalue weighted by Crippen LogP contribution is -2.32. The zero-order valence-corrected chi connectivity index (χ0v) is 18.4. The first-order valence-electron chi connectivity index (χ1n) is 10.2. The largest absolute Gasteiger partial charge is 0.530 e. The lowest BCUT2D eigenvalue weighted by atomic mass is 9.94. The molecule has 1 aliphatic heterocycles. The van der Waals surface area contributed by atoms with E-state index in [9.17, 15) is 14.2 Å². The Morgan fingerprint density at radius 3 is 2.81 bits per heavy atom. The minimum Gasteiger partial charge on any atom is -0.403 e. The van der Waals surface area contributed by atoms with Gasteiger partial charge in [0.1, 0.15) is 5.75 Å². The lowest BCUT2D eigenvalue weighted by Gasteiger charge is -2.27. The molecule has 1 N–H and O–H groups in total. The number of phosphoric ester groups is 1. The van der Waals surface area contributed by atoms with Crippen LogP contribution >= 0.6 is 7.82 Å².